The lowest BCUT2D eigenvalue weighted by atomic mass is 10.2. The molecule has 1 fully saturated rings. The average Bonchev–Trinajstić information content (AvgIpc) is 2.64. The highest BCUT2D eigenvalue weighted by molar-refractivity contribution is 14.1. The summed E-state index contributed by atoms with van der Waals surface area (Å²) >= 11 is 5.27. The van der Waals surface area contributed by atoms with Gasteiger partial charge in [0.2, 0.25) is 0 Å². The van der Waals surface area contributed by atoms with Crippen LogP contribution in [0.3, 0.4) is 0 Å². The summed E-state index contributed by atoms with van der Waals surface area (Å²) in [5, 5.41) is 0.536. The maximum atomic E-state index is 11.9. The Hall–Kier alpha value is -0.960. The fourth-order valence-electron chi connectivity index (χ4n) is 1.44. The topological polar surface area (TPSA) is 63.7 Å². The summed E-state index contributed by atoms with van der Waals surface area (Å²) in [4.78, 5) is 39.3. The van der Waals surface area contributed by atoms with Crippen LogP contribution in [0.2, 0.25) is 0 Å². The molecule has 2 amide bonds. The monoisotopic (exact) mass is 423 g/mol. The van der Waals surface area contributed by atoms with Crippen molar-refractivity contribution >= 4 is 56.3 Å². The fourth-order valence-corrected chi connectivity index (χ4v) is 2.34. The number of hydrogen-bond donors (Lipinski definition) is 0. The van der Waals surface area contributed by atoms with Crippen LogP contribution in [0, 0.1) is 3.57 Å². The van der Waals surface area contributed by atoms with Gasteiger partial charge in [0.1, 0.15) is 0 Å². The van der Waals surface area contributed by atoms with E-state index in [1.54, 1.807) is 12.1 Å². The van der Waals surface area contributed by atoms with Crippen LogP contribution >= 0.6 is 38.5 Å². The van der Waals surface area contributed by atoms with Crippen molar-refractivity contribution in [1.29, 1.82) is 0 Å². The smallest absolute Gasteiger partial charge is 0.325 e. The van der Waals surface area contributed by atoms with Gasteiger partial charge in [0.05, 0.1) is 5.56 Å². The molecular formula is C11H7BrINO4. The number of carbonyl (C=O) groups excluding carboxylic acids is 3. The van der Waals surface area contributed by atoms with Crippen LogP contribution in [0.1, 0.15) is 23.2 Å². The van der Waals surface area contributed by atoms with Gasteiger partial charge in [0, 0.05) is 20.9 Å². The zero-order valence-electron chi connectivity index (χ0n) is 8.98. The third-order valence-electron chi connectivity index (χ3n) is 2.33. The number of amides is 2. The molecule has 0 aliphatic carbocycles. The van der Waals surface area contributed by atoms with Crippen LogP contribution < -0.4 is 0 Å². The van der Waals surface area contributed by atoms with Crippen molar-refractivity contribution in [2.45, 2.75) is 12.8 Å². The molecule has 2 rings (SSSR count). The van der Waals surface area contributed by atoms with Gasteiger partial charge < -0.3 is 4.84 Å². The van der Waals surface area contributed by atoms with E-state index in [0.29, 0.717) is 9.54 Å². The number of carbonyl (C=O) groups is 3. The molecule has 1 aromatic rings. The molecule has 0 saturated carbocycles. The Morgan fingerprint density at radius 3 is 2.50 bits per heavy atom. The molecule has 18 heavy (non-hydrogen) atoms. The molecule has 5 nitrogen and oxygen atoms in total. The molecule has 0 bridgehead atoms. The van der Waals surface area contributed by atoms with Crippen LogP contribution in [-0.2, 0) is 14.4 Å². The Morgan fingerprint density at radius 2 is 1.89 bits per heavy atom. The van der Waals surface area contributed by atoms with E-state index < -0.39 is 17.8 Å². The van der Waals surface area contributed by atoms with E-state index in [2.05, 4.69) is 38.5 Å². The molecule has 1 saturated heterocycles. The number of halogens is 2. The van der Waals surface area contributed by atoms with Crippen LogP contribution in [0.15, 0.2) is 22.7 Å². The first-order chi connectivity index (χ1) is 8.49. The highest BCUT2D eigenvalue weighted by Crippen LogP contribution is 2.22. The predicted molar refractivity (Wildman–Crippen MR) is 73.4 cm³/mol. The molecule has 0 N–H and O–H groups in total. The van der Waals surface area contributed by atoms with Gasteiger partial charge in [-0.3, -0.25) is 9.59 Å². The molecule has 7 heteroatoms. The second kappa shape index (κ2) is 5.35. The molecule has 94 valence electrons. The van der Waals surface area contributed by atoms with Crippen molar-refractivity contribution in [2.75, 3.05) is 0 Å². The number of hydrogen-bond acceptors (Lipinski definition) is 4. The molecule has 0 spiro atoms. The Balaban J connectivity index is 2.19. The van der Waals surface area contributed by atoms with Gasteiger partial charge in [-0.2, -0.15) is 0 Å². The third kappa shape index (κ3) is 2.72. The van der Waals surface area contributed by atoms with Crippen molar-refractivity contribution in [3.63, 3.8) is 0 Å². The normalized spacial score (nSPS) is 15.1. The van der Waals surface area contributed by atoms with Crippen molar-refractivity contribution in [3.8, 4) is 0 Å². The lowest BCUT2D eigenvalue weighted by molar-refractivity contribution is -0.172. The minimum absolute atomic E-state index is 0.0829. The van der Waals surface area contributed by atoms with Crippen LogP contribution in [0.25, 0.3) is 0 Å². The summed E-state index contributed by atoms with van der Waals surface area (Å²) in [5.74, 6) is -1.71. The maximum absolute atomic E-state index is 11.9. The second-order valence-electron chi connectivity index (χ2n) is 3.58. The molecule has 0 aromatic heterocycles. The maximum Gasteiger partial charge on any atom is 0.365 e. The van der Waals surface area contributed by atoms with Gasteiger partial charge in [-0.1, -0.05) is 0 Å². The first-order valence-corrected chi connectivity index (χ1v) is 6.89. The molecular weight excluding hydrogens is 417 g/mol. The van der Waals surface area contributed by atoms with Gasteiger partial charge in [-0.05, 0) is 56.7 Å². The average molecular weight is 424 g/mol. The largest absolute Gasteiger partial charge is 0.365 e. The molecule has 0 unspecified atom stereocenters. The summed E-state index contributed by atoms with van der Waals surface area (Å²) in [7, 11) is 0. The molecule has 1 heterocycles. The van der Waals surface area contributed by atoms with Gasteiger partial charge in [-0.15, -0.1) is 5.06 Å². The van der Waals surface area contributed by atoms with Gasteiger partial charge in [0.15, 0.2) is 0 Å². The van der Waals surface area contributed by atoms with E-state index in [4.69, 9.17) is 4.84 Å². The van der Waals surface area contributed by atoms with Crippen molar-refractivity contribution in [3.05, 3.63) is 31.8 Å². The van der Waals surface area contributed by atoms with Crippen molar-refractivity contribution in [2.24, 2.45) is 0 Å². The highest BCUT2D eigenvalue weighted by atomic mass is 127. The first kappa shape index (κ1) is 13.5. The highest BCUT2D eigenvalue weighted by Gasteiger charge is 2.33. The quantitative estimate of drug-likeness (QED) is 0.540. The molecule has 1 aliphatic rings. The zero-order chi connectivity index (χ0) is 13.3. The van der Waals surface area contributed by atoms with E-state index in [9.17, 15) is 14.4 Å². The second-order valence-corrected chi connectivity index (χ2v) is 5.68. The lowest BCUT2D eigenvalue weighted by Gasteiger charge is -2.13. The minimum atomic E-state index is -0.732. The summed E-state index contributed by atoms with van der Waals surface area (Å²) in [5.41, 5.74) is 0.273. The summed E-state index contributed by atoms with van der Waals surface area (Å²) in [6, 6.07) is 5.12. The van der Waals surface area contributed by atoms with E-state index in [0.717, 1.165) is 3.57 Å². The minimum Gasteiger partial charge on any atom is -0.325 e. The number of nitrogens with zero attached hydrogens (tertiary/aromatic N) is 1. The fraction of sp³-hybridized carbons (Fsp3) is 0.182. The van der Waals surface area contributed by atoms with Crippen LogP contribution in [0.4, 0.5) is 0 Å². The Kier molecular flexibility index (Phi) is 4.00. The number of imide groups is 1. The lowest BCUT2D eigenvalue weighted by Crippen LogP contribution is -2.32. The van der Waals surface area contributed by atoms with Crippen molar-refractivity contribution in [1.82, 2.24) is 5.06 Å². The van der Waals surface area contributed by atoms with Gasteiger partial charge >= 0.3 is 5.97 Å². The Labute approximate surface area is 125 Å². The molecule has 1 aliphatic heterocycles. The molecule has 1 aromatic carbocycles. The first-order valence-electron chi connectivity index (χ1n) is 5.02. The number of hydroxylamine groups is 2. The number of benzene rings is 1. The van der Waals surface area contributed by atoms with Gasteiger partial charge in [0.25, 0.3) is 11.8 Å². The van der Waals surface area contributed by atoms with E-state index in [-0.39, 0.29) is 18.4 Å². The zero-order valence-corrected chi connectivity index (χ0v) is 12.7. The Bertz CT molecular complexity index is 530. The molecule has 0 atom stereocenters. The van der Waals surface area contributed by atoms with Crippen LogP contribution in [0.5, 0.6) is 0 Å². The Morgan fingerprint density at radius 1 is 1.28 bits per heavy atom. The van der Waals surface area contributed by atoms with Crippen molar-refractivity contribution < 1.29 is 19.2 Å². The standard InChI is InChI=1S/C11H7BrINO4/c12-8-2-1-6(13)5-7(8)11(17)18-14-9(15)3-4-10(14)16/h1-2,5H,3-4H2. The van der Waals surface area contributed by atoms with Crippen LogP contribution in [-0.4, -0.2) is 22.8 Å². The van der Waals surface area contributed by atoms with E-state index >= 15 is 0 Å². The summed E-state index contributed by atoms with van der Waals surface area (Å²) in [6.45, 7) is 0. The number of rotatable bonds is 2. The summed E-state index contributed by atoms with van der Waals surface area (Å²) in [6.07, 6.45) is 0.166. The predicted octanol–water partition coefficient (Wildman–Crippen LogP) is 2.27. The van der Waals surface area contributed by atoms with E-state index in [1.165, 1.54) is 0 Å². The summed E-state index contributed by atoms with van der Waals surface area (Å²) < 4.78 is 1.40. The van der Waals surface area contributed by atoms with E-state index in [1.807, 2.05) is 6.07 Å². The SMILES string of the molecule is O=C(ON1C(=O)CCC1=O)c1cc(I)ccc1Br. The third-order valence-corrected chi connectivity index (χ3v) is 3.69. The molecule has 0 radical (unpaired) electrons. The van der Waals surface area contributed by atoms with Gasteiger partial charge in [-0.25, -0.2) is 4.79 Å².